The molecule has 0 saturated carbocycles. The number of nitrogens with two attached hydrogens (primary N) is 1. The Morgan fingerprint density at radius 1 is 1.42 bits per heavy atom. The number of rotatable bonds is 4. The second kappa shape index (κ2) is 5.34. The van der Waals surface area contributed by atoms with Gasteiger partial charge in [0.1, 0.15) is 11.9 Å². The average molecular weight is 259 g/mol. The van der Waals surface area contributed by atoms with E-state index in [2.05, 4.69) is 9.97 Å². The van der Waals surface area contributed by atoms with Crippen molar-refractivity contribution in [1.29, 1.82) is 0 Å². The molecule has 0 amide bonds. The Balaban J connectivity index is 2.18. The van der Waals surface area contributed by atoms with Crippen LogP contribution < -0.4 is 10.5 Å². The maximum atomic E-state index is 10.8. The third kappa shape index (κ3) is 2.98. The van der Waals surface area contributed by atoms with Gasteiger partial charge in [-0.1, -0.05) is 0 Å². The molecular formula is C13H13N3O3. The molecule has 0 aliphatic rings. The number of aromatic nitrogens is 2. The lowest BCUT2D eigenvalue weighted by molar-refractivity contribution is 0.0697. The molecule has 6 heteroatoms. The van der Waals surface area contributed by atoms with E-state index in [1.54, 1.807) is 18.6 Å². The van der Waals surface area contributed by atoms with Crippen LogP contribution in [0, 0.1) is 0 Å². The van der Waals surface area contributed by atoms with Gasteiger partial charge in [-0.15, -0.1) is 0 Å². The summed E-state index contributed by atoms with van der Waals surface area (Å²) in [6, 6.07) is 4.34. The quantitative estimate of drug-likeness (QED) is 0.813. The molecule has 19 heavy (non-hydrogen) atoms. The minimum Gasteiger partial charge on any atom is -0.482 e. The van der Waals surface area contributed by atoms with Gasteiger partial charge in [0.05, 0.1) is 23.1 Å². The summed E-state index contributed by atoms with van der Waals surface area (Å²) >= 11 is 0. The van der Waals surface area contributed by atoms with Crippen LogP contribution in [0.25, 0.3) is 0 Å². The first-order chi connectivity index (χ1) is 9.08. The van der Waals surface area contributed by atoms with Crippen molar-refractivity contribution in [3.8, 4) is 5.75 Å². The van der Waals surface area contributed by atoms with E-state index in [-0.39, 0.29) is 17.4 Å². The van der Waals surface area contributed by atoms with Gasteiger partial charge < -0.3 is 15.6 Å². The SMILES string of the molecule is CC(Oc1ccc(C(=O)O)cc1N)c1cnccn1. The van der Waals surface area contributed by atoms with Crippen molar-refractivity contribution < 1.29 is 14.6 Å². The van der Waals surface area contributed by atoms with E-state index in [1.165, 1.54) is 18.2 Å². The second-order valence-corrected chi connectivity index (χ2v) is 3.95. The highest BCUT2D eigenvalue weighted by molar-refractivity contribution is 5.89. The van der Waals surface area contributed by atoms with E-state index in [0.717, 1.165) is 0 Å². The average Bonchev–Trinajstić information content (AvgIpc) is 2.41. The van der Waals surface area contributed by atoms with Gasteiger partial charge in [-0.05, 0) is 25.1 Å². The van der Waals surface area contributed by atoms with Crippen molar-refractivity contribution >= 4 is 11.7 Å². The predicted octanol–water partition coefficient (Wildman–Crippen LogP) is 1.90. The first kappa shape index (κ1) is 12.8. The largest absolute Gasteiger partial charge is 0.482 e. The summed E-state index contributed by atoms with van der Waals surface area (Å²) in [6.45, 7) is 1.81. The van der Waals surface area contributed by atoms with Crippen molar-refractivity contribution in [2.75, 3.05) is 5.73 Å². The molecule has 0 saturated heterocycles. The third-order valence-corrected chi connectivity index (χ3v) is 2.56. The standard InChI is InChI=1S/C13H13N3O3/c1-8(11-7-15-4-5-16-11)19-12-3-2-9(13(17)18)6-10(12)14/h2-8H,14H2,1H3,(H,17,18). The van der Waals surface area contributed by atoms with Crippen LogP contribution in [-0.2, 0) is 0 Å². The molecule has 2 rings (SSSR count). The van der Waals surface area contributed by atoms with Gasteiger partial charge >= 0.3 is 5.97 Å². The molecule has 0 bridgehead atoms. The molecule has 0 aliphatic carbocycles. The lowest BCUT2D eigenvalue weighted by Crippen LogP contribution is -2.07. The summed E-state index contributed by atoms with van der Waals surface area (Å²) in [6.07, 6.45) is 4.43. The number of anilines is 1. The zero-order chi connectivity index (χ0) is 13.8. The Kier molecular flexibility index (Phi) is 3.61. The first-order valence-corrected chi connectivity index (χ1v) is 5.63. The fraction of sp³-hybridized carbons (Fsp3) is 0.154. The number of carboxylic acid groups (broad SMARTS) is 1. The van der Waals surface area contributed by atoms with Gasteiger partial charge in [0.2, 0.25) is 0 Å². The molecule has 6 nitrogen and oxygen atoms in total. The molecule has 0 radical (unpaired) electrons. The summed E-state index contributed by atoms with van der Waals surface area (Å²) in [5, 5.41) is 8.85. The monoisotopic (exact) mass is 259 g/mol. The number of nitrogen functional groups attached to an aromatic ring is 1. The first-order valence-electron chi connectivity index (χ1n) is 5.63. The van der Waals surface area contributed by atoms with Gasteiger partial charge in [0, 0.05) is 12.4 Å². The highest BCUT2D eigenvalue weighted by Crippen LogP contribution is 2.27. The number of carbonyl (C=O) groups is 1. The molecule has 2 aromatic rings. The van der Waals surface area contributed by atoms with Crippen LogP contribution in [0.4, 0.5) is 5.69 Å². The lowest BCUT2D eigenvalue weighted by Gasteiger charge is -2.15. The van der Waals surface area contributed by atoms with Gasteiger partial charge in [-0.3, -0.25) is 9.97 Å². The minimum atomic E-state index is -1.03. The third-order valence-electron chi connectivity index (χ3n) is 2.56. The van der Waals surface area contributed by atoms with Crippen LogP contribution in [0.2, 0.25) is 0 Å². The van der Waals surface area contributed by atoms with Gasteiger partial charge in [-0.25, -0.2) is 4.79 Å². The van der Waals surface area contributed by atoms with E-state index >= 15 is 0 Å². The van der Waals surface area contributed by atoms with Crippen molar-refractivity contribution in [3.05, 3.63) is 48.0 Å². The number of hydrogen-bond acceptors (Lipinski definition) is 5. The highest BCUT2D eigenvalue weighted by Gasteiger charge is 2.12. The Hall–Kier alpha value is -2.63. The molecule has 1 unspecified atom stereocenters. The van der Waals surface area contributed by atoms with E-state index in [9.17, 15) is 4.79 Å². The molecule has 0 spiro atoms. The molecule has 0 fully saturated rings. The maximum Gasteiger partial charge on any atom is 0.335 e. The number of hydrogen-bond donors (Lipinski definition) is 2. The van der Waals surface area contributed by atoms with Crippen LogP contribution in [-0.4, -0.2) is 21.0 Å². The molecule has 1 heterocycles. The van der Waals surface area contributed by atoms with Crippen LogP contribution in [0.1, 0.15) is 29.1 Å². The Morgan fingerprint density at radius 3 is 2.79 bits per heavy atom. The Bertz CT molecular complexity index is 587. The van der Waals surface area contributed by atoms with Crippen LogP contribution >= 0.6 is 0 Å². The number of ether oxygens (including phenoxy) is 1. The van der Waals surface area contributed by atoms with E-state index in [1.807, 2.05) is 6.92 Å². The molecule has 3 N–H and O–H groups in total. The highest BCUT2D eigenvalue weighted by atomic mass is 16.5. The Morgan fingerprint density at radius 2 is 2.21 bits per heavy atom. The predicted molar refractivity (Wildman–Crippen MR) is 68.9 cm³/mol. The minimum absolute atomic E-state index is 0.122. The molecule has 1 aromatic carbocycles. The molecular weight excluding hydrogens is 246 g/mol. The van der Waals surface area contributed by atoms with Crippen LogP contribution in [0.3, 0.4) is 0 Å². The zero-order valence-corrected chi connectivity index (χ0v) is 10.3. The number of carboxylic acids is 1. The van der Waals surface area contributed by atoms with E-state index in [0.29, 0.717) is 11.4 Å². The van der Waals surface area contributed by atoms with Gasteiger partial charge in [0.15, 0.2) is 0 Å². The molecule has 1 aromatic heterocycles. The summed E-state index contributed by atoms with van der Waals surface area (Å²) in [5.74, 6) is -0.608. The fourth-order valence-electron chi connectivity index (χ4n) is 1.56. The number of nitrogens with zero attached hydrogens (tertiary/aromatic N) is 2. The molecule has 0 aliphatic heterocycles. The smallest absolute Gasteiger partial charge is 0.335 e. The molecule has 1 atom stereocenters. The van der Waals surface area contributed by atoms with E-state index < -0.39 is 5.97 Å². The molecule has 98 valence electrons. The van der Waals surface area contributed by atoms with Crippen molar-refractivity contribution in [1.82, 2.24) is 9.97 Å². The van der Waals surface area contributed by atoms with E-state index in [4.69, 9.17) is 15.6 Å². The number of aromatic carboxylic acids is 1. The van der Waals surface area contributed by atoms with Crippen LogP contribution in [0.5, 0.6) is 5.75 Å². The summed E-state index contributed by atoms with van der Waals surface area (Å²) in [4.78, 5) is 18.9. The fourth-order valence-corrected chi connectivity index (χ4v) is 1.56. The second-order valence-electron chi connectivity index (χ2n) is 3.95. The zero-order valence-electron chi connectivity index (χ0n) is 10.3. The maximum absolute atomic E-state index is 10.8. The summed E-state index contributed by atoms with van der Waals surface area (Å²) in [5.41, 5.74) is 6.83. The topological polar surface area (TPSA) is 98.3 Å². The van der Waals surface area contributed by atoms with Crippen molar-refractivity contribution in [2.24, 2.45) is 0 Å². The summed E-state index contributed by atoms with van der Waals surface area (Å²) < 4.78 is 5.65. The van der Waals surface area contributed by atoms with Crippen LogP contribution in [0.15, 0.2) is 36.8 Å². The van der Waals surface area contributed by atoms with Crippen molar-refractivity contribution in [3.63, 3.8) is 0 Å². The summed E-state index contributed by atoms with van der Waals surface area (Å²) in [7, 11) is 0. The normalized spacial score (nSPS) is 11.8. The lowest BCUT2D eigenvalue weighted by atomic mass is 10.2. The van der Waals surface area contributed by atoms with Gasteiger partial charge in [-0.2, -0.15) is 0 Å². The Labute approximate surface area is 109 Å². The van der Waals surface area contributed by atoms with Gasteiger partial charge in [0.25, 0.3) is 0 Å². The van der Waals surface area contributed by atoms with Crippen molar-refractivity contribution in [2.45, 2.75) is 13.0 Å². The number of benzene rings is 1.